The Morgan fingerprint density at radius 2 is 1.15 bits per heavy atom. The van der Waals surface area contributed by atoms with Gasteiger partial charge in [-0.1, -0.05) is 97.9 Å². The summed E-state index contributed by atoms with van der Waals surface area (Å²) in [4.78, 5) is 0. The van der Waals surface area contributed by atoms with E-state index in [4.69, 9.17) is 0 Å². The van der Waals surface area contributed by atoms with Crippen LogP contribution in [-0.2, 0) is 18.2 Å². The van der Waals surface area contributed by atoms with Gasteiger partial charge in [-0.2, -0.15) is 0 Å². The van der Waals surface area contributed by atoms with E-state index >= 15 is 0 Å². The van der Waals surface area contributed by atoms with Gasteiger partial charge in [0.05, 0.1) is 11.4 Å². The number of aromatic nitrogens is 2. The molecule has 0 N–H and O–H groups in total. The summed E-state index contributed by atoms with van der Waals surface area (Å²) in [5, 5.41) is 0. The molecule has 1 radical (unpaired) electrons. The standard InChI is InChI=1S/C27H36N2.C3H5.ClH.Pd/c1-18(2)22-11-9-12-23(19(3)4)26(22)28-15-16-29(17-28)27-24(20(5)6)13-10-14-25(27)21(7)8;1-3-2;;/h9-16,18-21H,1-8H3;3H,1-2H2;1H;/q;;;+2/p-1. The summed E-state index contributed by atoms with van der Waals surface area (Å²) in [7, 11) is 4.49. The van der Waals surface area contributed by atoms with Gasteiger partial charge in [0.2, 0.25) is 0 Å². The molecule has 3 rings (SSSR count). The zero-order chi connectivity index (χ0) is 26.0. The summed E-state index contributed by atoms with van der Waals surface area (Å²) in [6.45, 7) is 24.7. The summed E-state index contributed by atoms with van der Waals surface area (Å²) in [5.74, 6) is 1.84. The van der Waals surface area contributed by atoms with Crippen LogP contribution in [0, 0.1) is 13.3 Å². The fourth-order valence-electron chi connectivity index (χ4n) is 4.14. The number of hydrogen-bond donors (Lipinski definition) is 0. The molecule has 3 aromatic rings. The number of nitrogens with zero attached hydrogens (tertiary/aromatic N) is 2. The molecule has 2 aromatic carbocycles. The Morgan fingerprint density at radius 1 is 0.794 bits per heavy atom. The van der Waals surface area contributed by atoms with E-state index in [0.717, 1.165) is 0 Å². The third-order valence-electron chi connectivity index (χ3n) is 5.75. The first-order chi connectivity index (χ1) is 16.1. The SMILES string of the molecule is CC(C)c1cccc(C(C)C)c1-n1[c-][n+](-c2c(C(C)C)cccc2C(C)C)cc1.[CH2]C=C.[Cl][Pd+]. The molecular weight excluding hydrogens is 530 g/mol. The number of rotatable bonds is 6. The second-order valence-electron chi connectivity index (χ2n) is 9.62. The Morgan fingerprint density at radius 3 is 1.50 bits per heavy atom. The molecule has 0 aliphatic heterocycles. The molecule has 0 bridgehead atoms. The molecule has 0 saturated carbocycles. The van der Waals surface area contributed by atoms with Crippen LogP contribution >= 0.6 is 9.53 Å². The van der Waals surface area contributed by atoms with E-state index in [2.05, 4.69) is 161 Å². The van der Waals surface area contributed by atoms with Crippen LogP contribution in [0.4, 0.5) is 0 Å². The number of halogens is 1. The molecule has 0 saturated heterocycles. The zero-order valence-electron chi connectivity index (χ0n) is 22.0. The Kier molecular flexibility index (Phi) is 13.1. The third-order valence-corrected chi connectivity index (χ3v) is 5.75. The first-order valence-electron chi connectivity index (χ1n) is 11.9. The Hall–Kier alpha value is -1.66. The van der Waals surface area contributed by atoms with E-state index < -0.39 is 0 Å². The van der Waals surface area contributed by atoms with Gasteiger partial charge < -0.3 is 0 Å². The van der Waals surface area contributed by atoms with Gasteiger partial charge in [0.25, 0.3) is 6.33 Å². The molecule has 0 atom stereocenters. The normalized spacial score (nSPS) is 10.8. The van der Waals surface area contributed by atoms with Crippen molar-refractivity contribution < 1.29 is 22.7 Å². The topological polar surface area (TPSA) is 8.81 Å². The Balaban J connectivity index is 0.00000107. The first kappa shape index (κ1) is 30.4. The summed E-state index contributed by atoms with van der Waals surface area (Å²) in [6, 6.07) is 13.4. The third kappa shape index (κ3) is 7.42. The van der Waals surface area contributed by atoms with Gasteiger partial charge in [0, 0.05) is 12.4 Å². The van der Waals surface area contributed by atoms with Gasteiger partial charge in [-0.05, 0) is 52.8 Å². The van der Waals surface area contributed by atoms with Crippen molar-refractivity contribution in [2.75, 3.05) is 0 Å². The zero-order valence-corrected chi connectivity index (χ0v) is 24.3. The number of para-hydroxylation sites is 2. The van der Waals surface area contributed by atoms with Crippen molar-refractivity contribution in [3.05, 3.63) is 97.0 Å². The van der Waals surface area contributed by atoms with Gasteiger partial charge in [0.15, 0.2) is 0 Å². The molecule has 0 amide bonds. The predicted octanol–water partition coefficient (Wildman–Crippen LogP) is 8.74. The van der Waals surface area contributed by atoms with Crippen molar-refractivity contribution in [1.29, 1.82) is 0 Å². The number of imidazole rings is 1. The minimum absolute atomic E-state index is 0.460. The van der Waals surface area contributed by atoms with Crippen LogP contribution in [0.5, 0.6) is 0 Å². The monoisotopic (exact) mass is 570 g/mol. The van der Waals surface area contributed by atoms with Gasteiger partial charge in [-0.25, -0.2) is 0 Å². The average Bonchev–Trinajstić information content (AvgIpc) is 3.29. The van der Waals surface area contributed by atoms with Crippen LogP contribution in [0.3, 0.4) is 0 Å². The summed E-state index contributed by atoms with van der Waals surface area (Å²) in [5.41, 5.74) is 8.05. The number of allylic oxidation sites excluding steroid dienone is 1. The van der Waals surface area contributed by atoms with E-state index in [9.17, 15) is 0 Å². The fourth-order valence-corrected chi connectivity index (χ4v) is 4.14. The predicted molar refractivity (Wildman–Crippen MR) is 144 cm³/mol. The summed E-state index contributed by atoms with van der Waals surface area (Å²) >= 11 is 2.22. The van der Waals surface area contributed by atoms with Crippen molar-refractivity contribution in [2.45, 2.75) is 79.1 Å². The van der Waals surface area contributed by atoms with Gasteiger partial charge >= 0.3 is 27.7 Å². The minimum atomic E-state index is 0.460. The van der Waals surface area contributed by atoms with Crippen molar-refractivity contribution in [1.82, 2.24) is 4.57 Å². The molecule has 2 nitrogen and oxygen atoms in total. The van der Waals surface area contributed by atoms with Crippen molar-refractivity contribution in [2.24, 2.45) is 0 Å². The molecule has 187 valence electrons. The number of hydrogen-bond acceptors (Lipinski definition) is 0. The summed E-state index contributed by atoms with van der Waals surface area (Å²) < 4.78 is 4.40. The van der Waals surface area contributed by atoms with Gasteiger partial charge in [-0.15, -0.1) is 6.58 Å². The molecule has 0 aliphatic rings. The molecule has 34 heavy (non-hydrogen) atoms. The molecule has 0 aliphatic carbocycles. The molecule has 1 aromatic heterocycles. The van der Waals surface area contributed by atoms with E-state index in [0.29, 0.717) is 23.7 Å². The van der Waals surface area contributed by atoms with Crippen LogP contribution < -0.4 is 4.57 Å². The van der Waals surface area contributed by atoms with E-state index in [1.165, 1.54) is 39.7 Å². The van der Waals surface area contributed by atoms with Crippen molar-refractivity contribution >= 4 is 9.53 Å². The van der Waals surface area contributed by atoms with Crippen LogP contribution in [0.15, 0.2) is 61.4 Å². The molecule has 1 heterocycles. The Labute approximate surface area is 223 Å². The van der Waals surface area contributed by atoms with Crippen LogP contribution in [0.2, 0.25) is 0 Å². The van der Waals surface area contributed by atoms with Crippen LogP contribution in [0.25, 0.3) is 11.4 Å². The molecule has 4 heteroatoms. The van der Waals surface area contributed by atoms with Gasteiger partial charge in [-0.3, -0.25) is 9.13 Å². The molecule has 0 fully saturated rings. The fraction of sp³-hybridized carbons (Fsp3) is 0.400. The first-order valence-corrected chi connectivity index (χ1v) is 13.9. The maximum atomic E-state index is 4.49. The second kappa shape index (κ2) is 14.7. The Bertz CT molecular complexity index is 902. The molecule has 0 unspecified atom stereocenters. The van der Waals surface area contributed by atoms with E-state index in [1.54, 1.807) is 0 Å². The van der Waals surface area contributed by atoms with Crippen molar-refractivity contribution in [3.63, 3.8) is 0 Å². The van der Waals surface area contributed by atoms with E-state index in [1.807, 2.05) is 0 Å². The van der Waals surface area contributed by atoms with Crippen LogP contribution in [-0.4, -0.2) is 4.57 Å². The van der Waals surface area contributed by atoms with E-state index in [-0.39, 0.29) is 0 Å². The average molecular weight is 572 g/mol. The van der Waals surface area contributed by atoms with Crippen molar-refractivity contribution in [3.8, 4) is 11.4 Å². The maximum absolute atomic E-state index is 4.49. The van der Waals surface area contributed by atoms with Crippen LogP contribution in [0.1, 0.15) is 101 Å². The molecule has 0 spiro atoms. The summed E-state index contributed by atoms with van der Waals surface area (Å²) in [6.07, 6.45) is 9.48. The second-order valence-corrected chi connectivity index (χ2v) is 9.62. The quantitative estimate of drug-likeness (QED) is 0.159. The molecular formula is C30H41ClN2Pd+. The number of benzene rings is 2. The van der Waals surface area contributed by atoms with Gasteiger partial charge in [0.1, 0.15) is 0 Å².